The Morgan fingerprint density at radius 2 is 1.83 bits per heavy atom. The number of methoxy groups -OCH3 is 1. The molecule has 2 heterocycles. The molecule has 0 saturated carbocycles. The highest BCUT2D eigenvalue weighted by Crippen LogP contribution is 2.30. The Kier molecular flexibility index (Phi) is 5.76. The molecule has 0 unspecified atom stereocenters. The number of nitrogens with one attached hydrogen (secondary N) is 2. The van der Waals surface area contributed by atoms with Crippen LogP contribution in [0.1, 0.15) is 5.56 Å². The van der Waals surface area contributed by atoms with E-state index in [1.807, 2.05) is 49.4 Å². The van der Waals surface area contributed by atoms with Crippen LogP contribution in [0.25, 0.3) is 0 Å². The number of ether oxygens (including phenoxy) is 2. The summed E-state index contributed by atoms with van der Waals surface area (Å²) in [5.41, 5.74) is 4.10. The van der Waals surface area contributed by atoms with Crippen LogP contribution < -0.4 is 20.3 Å². The smallest absolute Gasteiger partial charge is 0.229 e. The summed E-state index contributed by atoms with van der Waals surface area (Å²) in [5, 5.41) is 6.69. The summed E-state index contributed by atoms with van der Waals surface area (Å²) in [6.07, 6.45) is 1.73. The SMILES string of the molecule is COc1ccc(C)cc1Nc1ccnc(Nc2ccccc2N2CCOCC2)n1. The van der Waals surface area contributed by atoms with Gasteiger partial charge in [0.1, 0.15) is 11.6 Å². The van der Waals surface area contributed by atoms with Crippen LogP contribution in [0, 0.1) is 6.92 Å². The summed E-state index contributed by atoms with van der Waals surface area (Å²) in [6, 6.07) is 16.0. The molecule has 7 heteroatoms. The van der Waals surface area contributed by atoms with Crippen molar-refractivity contribution in [2.75, 3.05) is 48.9 Å². The van der Waals surface area contributed by atoms with Gasteiger partial charge in [-0.2, -0.15) is 4.98 Å². The molecule has 1 fully saturated rings. The van der Waals surface area contributed by atoms with Gasteiger partial charge < -0.3 is 25.0 Å². The Morgan fingerprint density at radius 3 is 2.66 bits per heavy atom. The number of morpholine rings is 1. The molecule has 2 aromatic carbocycles. The topological polar surface area (TPSA) is 71.5 Å². The van der Waals surface area contributed by atoms with Crippen LogP contribution in [0.2, 0.25) is 0 Å². The van der Waals surface area contributed by atoms with E-state index in [0.717, 1.165) is 54.7 Å². The average molecular weight is 391 g/mol. The summed E-state index contributed by atoms with van der Waals surface area (Å²) in [4.78, 5) is 11.3. The Hall–Kier alpha value is -3.32. The van der Waals surface area contributed by atoms with Crippen LogP contribution in [0.5, 0.6) is 5.75 Å². The molecule has 4 rings (SSSR count). The fourth-order valence-electron chi connectivity index (χ4n) is 3.33. The van der Waals surface area contributed by atoms with Crippen LogP contribution >= 0.6 is 0 Å². The number of para-hydroxylation sites is 2. The first kappa shape index (κ1) is 19.0. The lowest BCUT2D eigenvalue weighted by Gasteiger charge is -2.30. The molecule has 0 spiro atoms. The second kappa shape index (κ2) is 8.79. The minimum atomic E-state index is 0.530. The molecule has 29 heavy (non-hydrogen) atoms. The molecular formula is C22H25N5O2. The van der Waals surface area contributed by atoms with Gasteiger partial charge in [-0.1, -0.05) is 18.2 Å². The summed E-state index contributed by atoms with van der Waals surface area (Å²) in [7, 11) is 1.66. The van der Waals surface area contributed by atoms with Gasteiger partial charge in [-0.15, -0.1) is 0 Å². The number of nitrogens with zero attached hydrogens (tertiary/aromatic N) is 3. The van der Waals surface area contributed by atoms with Gasteiger partial charge in [0.05, 0.1) is 37.4 Å². The van der Waals surface area contributed by atoms with Crippen LogP contribution in [0.4, 0.5) is 28.8 Å². The van der Waals surface area contributed by atoms with Crippen LogP contribution in [0.3, 0.4) is 0 Å². The molecule has 1 saturated heterocycles. The van der Waals surface area contributed by atoms with Crippen molar-refractivity contribution in [3.8, 4) is 5.75 Å². The van der Waals surface area contributed by atoms with Gasteiger partial charge in [0.2, 0.25) is 5.95 Å². The number of hydrogen-bond donors (Lipinski definition) is 2. The number of aromatic nitrogens is 2. The second-order valence-electron chi connectivity index (χ2n) is 6.84. The Labute approximate surface area is 170 Å². The highest BCUT2D eigenvalue weighted by atomic mass is 16.5. The highest BCUT2D eigenvalue weighted by Gasteiger charge is 2.15. The molecule has 1 aliphatic rings. The van der Waals surface area contributed by atoms with E-state index >= 15 is 0 Å². The maximum Gasteiger partial charge on any atom is 0.229 e. The van der Waals surface area contributed by atoms with Gasteiger partial charge in [0.15, 0.2) is 0 Å². The first-order valence-corrected chi connectivity index (χ1v) is 9.66. The van der Waals surface area contributed by atoms with E-state index < -0.39 is 0 Å². The largest absolute Gasteiger partial charge is 0.495 e. The molecule has 1 aliphatic heterocycles. The van der Waals surface area contributed by atoms with E-state index in [9.17, 15) is 0 Å². The molecule has 0 atom stereocenters. The van der Waals surface area contributed by atoms with E-state index in [1.54, 1.807) is 13.3 Å². The Balaban J connectivity index is 1.55. The molecule has 0 radical (unpaired) electrons. The van der Waals surface area contributed by atoms with Crippen molar-refractivity contribution in [2.45, 2.75) is 6.92 Å². The number of rotatable bonds is 6. The van der Waals surface area contributed by atoms with E-state index in [0.29, 0.717) is 11.8 Å². The molecular weight excluding hydrogens is 366 g/mol. The molecule has 150 valence electrons. The fourth-order valence-corrected chi connectivity index (χ4v) is 3.33. The zero-order valence-electron chi connectivity index (χ0n) is 16.7. The molecule has 3 aromatic rings. The van der Waals surface area contributed by atoms with Crippen LogP contribution in [-0.2, 0) is 4.74 Å². The first-order chi connectivity index (χ1) is 14.2. The van der Waals surface area contributed by atoms with E-state index in [4.69, 9.17) is 9.47 Å². The standard InChI is InChI=1S/C22H25N5O2/c1-16-7-8-20(28-2)18(15-16)24-21-9-10-23-22(26-21)25-17-5-3-4-6-19(17)27-11-13-29-14-12-27/h3-10,15H,11-14H2,1-2H3,(H2,23,24,25,26). The Morgan fingerprint density at radius 1 is 1.00 bits per heavy atom. The predicted octanol–water partition coefficient (Wildman–Crippen LogP) is 4.12. The summed E-state index contributed by atoms with van der Waals surface area (Å²) >= 11 is 0. The Bertz CT molecular complexity index is 973. The number of aryl methyl sites for hydroxylation is 1. The van der Waals surface area contributed by atoms with Crippen molar-refractivity contribution in [1.82, 2.24) is 9.97 Å². The van der Waals surface area contributed by atoms with Gasteiger partial charge in [-0.05, 0) is 42.8 Å². The van der Waals surface area contributed by atoms with Gasteiger partial charge >= 0.3 is 0 Å². The minimum Gasteiger partial charge on any atom is -0.495 e. The molecule has 2 N–H and O–H groups in total. The summed E-state index contributed by atoms with van der Waals surface area (Å²) < 4.78 is 10.9. The summed E-state index contributed by atoms with van der Waals surface area (Å²) in [5.74, 6) is 1.99. The van der Waals surface area contributed by atoms with Gasteiger partial charge in [0, 0.05) is 19.3 Å². The number of benzene rings is 2. The third-order valence-electron chi connectivity index (χ3n) is 4.78. The normalized spacial score (nSPS) is 13.8. The first-order valence-electron chi connectivity index (χ1n) is 9.66. The lowest BCUT2D eigenvalue weighted by Crippen LogP contribution is -2.36. The van der Waals surface area contributed by atoms with Crippen molar-refractivity contribution in [3.63, 3.8) is 0 Å². The van der Waals surface area contributed by atoms with Crippen molar-refractivity contribution in [3.05, 3.63) is 60.3 Å². The van der Waals surface area contributed by atoms with E-state index in [2.05, 4.69) is 31.6 Å². The zero-order chi connectivity index (χ0) is 20.1. The highest BCUT2D eigenvalue weighted by molar-refractivity contribution is 5.74. The lowest BCUT2D eigenvalue weighted by molar-refractivity contribution is 0.123. The number of anilines is 5. The van der Waals surface area contributed by atoms with E-state index in [1.165, 1.54) is 0 Å². The van der Waals surface area contributed by atoms with Crippen LogP contribution in [-0.4, -0.2) is 43.4 Å². The molecule has 7 nitrogen and oxygen atoms in total. The predicted molar refractivity (Wildman–Crippen MR) is 116 cm³/mol. The molecule has 0 amide bonds. The average Bonchev–Trinajstić information content (AvgIpc) is 2.75. The van der Waals surface area contributed by atoms with E-state index in [-0.39, 0.29) is 0 Å². The number of hydrogen-bond acceptors (Lipinski definition) is 7. The van der Waals surface area contributed by atoms with Gasteiger partial charge in [-0.25, -0.2) is 4.98 Å². The third kappa shape index (κ3) is 4.57. The second-order valence-corrected chi connectivity index (χ2v) is 6.84. The third-order valence-corrected chi connectivity index (χ3v) is 4.78. The van der Waals surface area contributed by atoms with Crippen molar-refractivity contribution < 1.29 is 9.47 Å². The van der Waals surface area contributed by atoms with Crippen molar-refractivity contribution in [2.24, 2.45) is 0 Å². The quantitative estimate of drug-likeness (QED) is 0.655. The van der Waals surface area contributed by atoms with Crippen molar-refractivity contribution in [1.29, 1.82) is 0 Å². The summed E-state index contributed by atoms with van der Waals surface area (Å²) in [6.45, 7) is 5.26. The maximum atomic E-state index is 5.47. The fraction of sp³-hybridized carbons (Fsp3) is 0.273. The van der Waals surface area contributed by atoms with Crippen LogP contribution in [0.15, 0.2) is 54.7 Å². The molecule has 0 bridgehead atoms. The molecule has 0 aliphatic carbocycles. The van der Waals surface area contributed by atoms with Gasteiger partial charge in [-0.3, -0.25) is 0 Å². The monoisotopic (exact) mass is 391 g/mol. The minimum absolute atomic E-state index is 0.530. The van der Waals surface area contributed by atoms with Gasteiger partial charge in [0.25, 0.3) is 0 Å². The van der Waals surface area contributed by atoms with Crippen molar-refractivity contribution >= 4 is 28.8 Å². The maximum absolute atomic E-state index is 5.47. The zero-order valence-corrected chi connectivity index (χ0v) is 16.7. The molecule has 1 aromatic heterocycles. The lowest BCUT2D eigenvalue weighted by atomic mass is 10.2.